The zero-order valence-electron chi connectivity index (χ0n) is 15.9. The third-order valence-corrected chi connectivity index (χ3v) is 6.06. The number of rotatable bonds is 4. The highest BCUT2D eigenvalue weighted by Gasteiger charge is 2.55. The molecule has 1 saturated carbocycles. The second-order valence-corrected chi connectivity index (χ2v) is 7.74. The van der Waals surface area contributed by atoms with Gasteiger partial charge < -0.3 is 10.1 Å². The van der Waals surface area contributed by atoms with Gasteiger partial charge in [-0.15, -0.1) is 0 Å². The Balaban J connectivity index is 1.42. The number of benzene rings is 2. The van der Waals surface area contributed by atoms with Gasteiger partial charge in [0.05, 0.1) is 0 Å². The fourth-order valence-corrected chi connectivity index (χ4v) is 4.39. The van der Waals surface area contributed by atoms with Crippen LogP contribution in [0.2, 0.25) is 0 Å². The molecule has 2 fully saturated rings. The molecule has 4 rings (SSSR count). The van der Waals surface area contributed by atoms with Gasteiger partial charge in [0.1, 0.15) is 18.7 Å². The first-order valence-corrected chi connectivity index (χ1v) is 9.77. The van der Waals surface area contributed by atoms with Crippen molar-refractivity contribution in [3.8, 4) is 0 Å². The van der Waals surface area contributed by atoms with Crippen LogP contribution in [0.4, 0.5) is 4.79 Å². The Labute approximate surface area is 163 Å². The van der Waals surface area contributed by atoms with Crippen LogP contribution >= 0.6 is 0 Å². The van der Waals surface area contributed by atoms with Crippen LogP contribution in [0.5, 0.6) is 0 Å². The zero-order valence-corrected chi connectivity index (χ0v) is 15.9. The summed E-state index contributed by atoms with van der Waals surface area (Å²) < 4.78 is 5.38. The van der Waals surface area contributed by atoms with Gasteiger partial charge in [-0.2, -0.15) is 0 Å². The smallest absolute Gasteiger partial charge is 0.326 e. The maximum absolute atomic E-state index is 12.9. The fraction of sp³-hybridized carbons (Fsp3) is 0.409. The van der Waals surface area contributed by atoms with Crippen LogP contribution in [0.15, 0.2) is 42.5 Å². The van der Waals surface area contributed by atoms with Crippen LogP contribution in [-0.4, -0.2) is 34.9 Å². The van der Waals surface area contributed by atoms with Crippen LogP contribution < -0.4 is 5.32 Å². The van der Waals surface area contributed by atoms with Gasteiger partial charge in [-0.25, -0.2) is 4.79 Å². The normalized spacial score (nSPS) is 24.6. The van der Waals surface area contributed by atoms with E-state index in [2.05, 4.69) is 5.32 Å². The van der Waals surface area contributed by atoms with Gasteiger partial charge in [0.25, 0.3) is 5.91 Å². The molecule has 1 N–H and O–H groups in total. The first-order valence-electron chi connectivity index (χ1n) is 9.77. The van der Waals surface area contributed by atoms with E-state index >= 15 is 0 Å². The molecule has 3 amide bonds. The average Bonchev–Trinajstić information content (AvgIpc) is 2.93. The Hall–Kier alpha value is -2.89. The maximum atomic E-state index is 12.9. The lowest BCUT2D eigenvalue weighted by atomic mass is 9.73. The summed E-state index contributed by atoms with van der Waals surface area (Å²) in [5.41, 5.74) is 0.0339. The van der Waals surface area contributed by atoms with Crippen molar-refractivity contribution < 1.29 is 19.1 Å². The van der Waals surface area contributed by atoms with Crippen molar-refractivity contribution in [2.24, 2.45) is 5.92 Å². The largest absolute Gasteiger partial charge is 0.459 e. The topological polar surface area (TPSA) is 75.7 Å². The van der Waals surface area contributed by atoms with Gasteiger partial charge >= 0.3 is 12.0 Å². The Bertz CT molecular complexity index is 936. The lowest BCUT2D eigenvalue weighted by Crippen LogP contribution is -2.54. The molecule has 2 aromatic carbocycles. The van der Waals surface area contributed by atoms with Crippen molar-refractivity contribution in [2.45, 2.75) is 44.8 Å². The van der Waals surface area contributed by atoms with Crippen molar-refractivity contribution in [2.75, 3.05) is 6.54 Å². The molecule has 2 aromatic rings. The predicted octanol–water partition coefficient (Wildman–Crippen LogP) is 3.38. The van der Waals surface area contributed by atoms with E-state index in [1.165, 1.54) is 0 Å². The number of amides is 3. The summed E-state index contributed by atoms with van der Waals surface area (Å²) in [5, 5.41) is 4.94. The molecule has 1 saturated heterocycles. The highest BCUT2D eigenvalue weighted by atomic mass is 16.5. The number of carbonyl (C=O) groups excluding carboxylic acids is 3. The molecule has 1 aliphatic carbocycles. The molecule has 2 aliphatic rings. The van der Waals surface area contributed by atoms with Gasteiger partial charge in [0.2, 0.25) is 0 Å². The SMILES string of the molecule is C[C@@H]1CCCC[C@@]12NC(=O)N(CC(=O)OCc1cccc3ccccc13)C2=O. The predicted molar refractivity (Wildman–Crippen MR) is 104 cm³/mol. The molecule has 6 nitrogen and oxygen atoms in total. The van der Waals surface area contributed by atoms with Gasteiger partial charge in [-0.3, -0.25) is 14.5 Å². The van der Waals surface area contributed by atoms with Crippen molar-refractivity contribution in [3.05, 3.63) is 48.0 Å². The Morgan fingerprint density at radius 2 is 1.96 bits per heavy atom. The van der Waals surface area contributed by atoms with E-state index in [1.54, 1.807) is 0 Å². The number of urea groups is 1. The fourth-order valence-electron chi connectivity index (χ4n) is 4.39. The summed E-state index contributed by atoms with van der Waals surface area (Å²) in [5.74, 6) is -0.821. The molecule has 1 aliphatic heterocycles. The Kier molecular flexibility index (Phi) is 4.79. The van der Waals surface area contributed by atoms with E-state index in [0.717, 1.165) is 40.5 Å². The first kappa shape index (κ1) is 18.5. The Morgan fingerprint density at radius 3 is 2.79 bits per heavy atom. The molecule has 0 radical (unpaired) electrons. The number of hydrogen-bond acceptors (Lipinski definition) is 4. The molecule has 0 aromatic heterocycles. The summed E-state index contributed by atoms with van der Waals surface area (Å²) >= 11 is 0. The third kappa shape index (κ3) is 3.13. The van der Waals surface area contributed by atoms with Crippen LogP contribution in [0.3, 0.4) is 0 Å². The molecule has 1 heterocycles. The number of esters is 1. The second kappa shape index (κ2) is 7.26. The third-order valence-electron chi connectivity index (χ3n) is 6.06. The number of hydrogen-bond donors (Lipinski definition) is 1. The highest BCUT2D eigenvalue weighted by Crippen LogP contribution is 2.38. The first-order chi connectivity index (χ1) is 13.5. The average molecular weight is 380 g/mol. The van der Waals surface area contributed by atoms with Gasteiger partial charge in [0, 0.05) is 0 Å². The minimum absolute atomic E-state index is 0.0643. The number of ether oxygens (including phenoxy) is 1. The van der Waals surface area contributed by atoms with E-state index in [0.29, 0.717) is 6.42 Å². The van der Waals surface area contributed by atoms with E-state index in [1.807, 2.05) is 49.4 Å². The summed E-state index contributed by atoms with van der Waals surface area (Å²) in [6.45, 7) is 1.73. The van der Waals surface area contributed by atoms with E-state index < -0.39 is 17.5 Å². The summed E-state index contributed by atoms with van der Waals surface area (Å²) in [7, 11) is 0. The van der Waals surface area contributed by atoms with Crippen molar-refractivity contribution in [1.29, 1.82) is 0 Å². The lowest BCUT2D eigenvalue weighted by molar-refractivity contribution is -0.149. The van der Waals surface area contributed by atoms with E-state index in [-0.39, 0.29) is 25.0 Å². The zero-order chi connectivity index (χ0) is 19.7. The number of carbonyl (C=O) groups is 3. The highest BCUT2D eigenvalue weighted by molar-refractivity contribution is 6.09. The second-order valence-electron chi connectivity index (χ2n) is 7.74. The molecule has 6 heteroatoms. The number of nitrogens with one attached hydrogen (secondary N) is 1. The van der Waals surface area contributed by atoms with Crippen LogP contribution in [0.25, 0.3) is 10.8 Å². The molecule has 146 valence electrons. The van der Waals surface area contributed by atoms with Gasteiger partial charge in [0.15, 0.2) is 0 Å². The van der Waals surface area contributed by atoms with Crippen molar-refractivity contribution in [3.63, 3.8) is 0 Å². The summed E-state index contributed by atoms with van der Waals surface area (Å²) in [6, 6.07) is 13.2. The molecule has 28 heavy (non-hydrogen) atoms. The number of imide groups is 1. The monoisotopic (exact) mass is 380 g/mol. The molecular weight excluding hydrogens is 356 g/mol. The van der Waals surface area contributed by atoms with Crippen LogP contribution in [0.1, 0.15) is 38.2 Å². The molecule has 0 bridgehead atoms. The van der Waals surface area contributed by atoms with E-state index in [9.17, 15) is 14.4 Å². The van der Waals surface area contributed by atoms with Crippen molar-refractivity contribution >= 4 is 28.7 Å². The molecule has 0 unspecified atom stereocenters. The molecule has 1 spiro atoms. The number of nitrogens with zero attached hydrogens (tertiary/aromatic N) is 1. The summed E-state index contributed by atoms with van der Waals surface area (Å²) in [4.78, 5) is 38.7. The van der Waals surface area contributed by atoms with Gasteiger partial charge in [-0.05, 0) is 35.1 Å². The van der Waals surface area contributed by atoms with Crippen LogP contribution in [-0.2, 0) is 20.9 Å². The standard InChI is InChI=1S/C22H24N2O4/c1-15-7-4-5-12-22(15)20(26)24(21(27)23-22)13-19(25)28-14-17-10-6-9-16-8-2-3-11-18(16)17/h2-3,6,8-11,15H,4-5,7,12-14H2,1H3,(H,23,27)/t15-,22-/m1/s1. The van der Waals surface area contributed by atoms with Crippen molar-refractivity contribution in [1.82, 2.24) is 10.2 Å². The summed E-state index contributed by atoms with van der Waals surface area (Å²) in [6.07, 6.45) is 3.47. The maximum Gasteiger partial charge on any atom is 0.326 e. The van der Waals surface area contributed by atoms with Gasteiger partial charge in [-0.1, -0.05) is 62.2 Å². The Morgan fingerprint density at radius 1 is 1.18 bits per heavy atom. The van der Waals surface area contributed by atoms with Crippen LogP contribution in [0, 0.1) is 5.92 Å². The number of fused-ring (bicyclic) bond motifs is 1. The molecule has 2 atom stereocenters. The van der Waals surface area contributed by atoms with E-state index in [4.69, 9.17) is 4.74 Å². The minimum Gasteiger partial charge on any atom is -0.459 e. The lowest BCUT2D eigenvalue weighted by Gasteiger charge is -2.36. The minimum atomic E-state index is -0.856. The molecular formula is C22H24N2O4. The quantitative estimate of drug-likeness (QED) is 0.652.